The molecule has 1 aliphatic carbocycles. The molecule has 0 radical (unpaired) electrons. The number of rotatable bonds is 9. The molecule has 0 spiro atoms. The molecular weight excluding hydrogens is 460 g/mol. The summed E-state index contributed by atoms with van der Waals surface area (Å²) in [6.07, 6.45) is 1.93. The fourth-order valence-electron chi connectivity index (χ4n) is 3.57. The number of pyridine rings is 1. The monoisotopic (exact) mass is 486 g/mol. The Morgan fingerprint density at radius 3 is 2.70 bits per heavy atom. The van der Waals surface area contributed by atoms with Crippen molar-refractivity contribution < 1.29 is 19.1 Å². The van der Waals surface area contributed by atoms with Crippen LogP contribution in [0, 0.1) is 6.92 Å². The smallest absolute Gasteiger partial charge is 0.228 e. The fraction of sp³-hybridized carbons (Fsp3) is 0.435. The van der Waals surface area contributed by atoms with Crippen LogP contribution in [0.4, 0.5) is 0 Å². The summed E-state index contributed by atoms with van der Waals surface area (Å²) in [5, 5.41) is 3.71. The highest BCUT2D eigenvalue weighted by atomic mass is 32.2. The molecule has 1 unspecified atom stereocenters. The minimum absolute atomic E-state index is 0.0156. The molecule has 8 nitrogen and oxygen atoms in total. The Bertz CT molecular complexity index is 1180. The minimum Gasteiger partial charge on any atom is -0.481 e. The highest BCUT2D eigenvalue weighted by molar-refractivity contribution is 8.00. The van der Waals surface area contributed by atoms with E-state index in [9.17, 15) is 9.59 Å². The SMILES string of the molecule is COc1ccc2nc(C)nc(SCC(=O)c3ccc(C(C)C(=O)NC4CC(OC)C4)s3)c2n1. The van der Waals surface area contributed by atoms with Gasteiger partial charge in [0.25, 0.3) is 0 Å². The zero-order valence-corrected chi connectivity index (χ0v) is 20.6. The second-order valence-electron chi connectivity index (χ2n) is 7.97. The van der Waals surface area contributed by atoms with Gasteiger partial charge in [0.1, 0.15) is 16.4 Å². The number of fused-ring (bicyclic) bond motifs is 1. The number of nitrogens with zero attached hydrogens (tertiary/aromatic N) is 3. The van der Waals surface area contributed by atoms with Crippen LogP contribution in [-0.4, -0.2) is 58.8 Å². The van der Waals surface area contributed by atoms with E-state index in [1.54, 1.807) is 26.4 Å². The fourth-order valence-corrected chi connectivity index (χ4v) is 5.56. The van der Waals surface area contributed by atoms with E-state index in [0.717, 1.165) is 17.7 Å². The van der Waals surface area contributed by atoms with E-state index in [-0.39, 0.29) is 35.5 Å². The number of thioether (sulfide) groups is 1. The van der Waals surface area contributed by atoms with E-state index in [1.165, 1.54) is 23.1 Å². The number of carbonyl (C=O) groups excluding carboxylic acids is 2. The third-order valence-electron chi connectivity index (χ3n) is 5.64. The van der Waals surface area contributed by atoms with Gasteiger partial charge in [-0.15, -0.1) is 11.3 Å². The van der Waals surface area contributed by atoms with Gasteiger partial charge in [-0.1, -0.05) is 11.8 Å². The van der Waals surface area contributed by atoms with Crippen molar-refractivity contribution in [3.8, 4) is 5.88 Å². The van der Waals surface area contributed by atoms with Crippen LogP contribution in [0.15, 0.2) is 29.3 Å². The lowest BCUT2D eigenvalue weighted by atomic mass is 9.89. The Morgan fingerprint density at radius 1 is 1.18 bits per heavy atom. The molecule has 1 atom stereocenters. The van der Waals surface area contributed by atoms with Gasteiger partial charge in [0.2, 0.25) is 11.8 Å². The molecule has 1 N–H and O–H groups in total. The predicted octanol–water partition coefficient (Wildman–Crippen LogP) is 3.78. The lowest BCUT2D eigenvalue weighted by Gasteiger charge is -2.35. The van der Waals surface area contributed by atoms with E-state index in [4.69, 9.17) is 9.47 Å². The quantitative estimate of drug-likeness (QED) is 0.277. The summed E-state index contributed by atoms with van der Waals surface area (Å²) >= 11 is 2.69. The second kappa shape index (κ2) is 10.1. The van der Waals surface area contributed by atoms with Gasteiger partial charge < -0.3 is 14.8 Å². The maximum Gasteiger partial charge on any atom is 0.228 e. The number of hydrogen-bond donors (Lipinski definition) is 1. The van der Waals surface area contributed by atoms with Gasteiger partial charge in [0.15, 0.2) is 5.78 Å². The van der Waals surface area contributed by atoms with Gasteiger partial charge in [0, 0.05) is 24.1 Å². The number of nitrogens with one attached hydrogen (secondary N) is 1. The molecule has 3 aromatic rings. The van der Waals surface area contributed by atoms with Gasteiger partial charge in [-0.25, -0.2) is 15.0 Å². The maximum atomic E-state index is 12.9. The maximum absolute atomic E-state index is 12.9. The Hall–Kier alpha value is -2.56. The van der Waals surface area contributed by atoms with Crippen LogP contribution in [0.25, 0.3) is 11.0 Å². The van der Waals surface area contributed by atoms with Crippen LogP contribution in [0.1, 0.15) is 46.1 Å². The van der Waals surface area contributed by atoms with Crippen LogP contribution in [0.3, 0.4) is 0 Å². The first-order valence-electron chi connectivity index (χ1n) is 10.7. The van der Waals surface area contributed by atoms with Crippen molar-refractivity contribution in [2.75, 3.05) is 20.0 Å². The zero-order valence-electron chi connectivity index (χ0n) is 19.0. The molecular formula is C23H26N4O4S2. The average Bonchev–Trinajstić information content (AvgIpc) is 3.28. The first kappa shape index (κ1) is 23.6. The van der Waals surface area contributed by atoms with Crippen molar-refractivity contribution in [3.05, 3.63) is 39.8 Å². The van der Waals surface area contributed by atoms with E-state index in [1.807, 2.05) is 26.0 Å². The third kappa shape index (κ3) is 5.34. The van der Waals surface area contributed by atoms with Crippen molar-refractivity contribution in [1.82, 2.24) is 20.3 Å². The molecule has 3 heterocycles. The van der Waals surface area contributed by atoms with Gasteiger partial charge in [-0.2, -0.15) is 0 Å². The molecule has 10 heteroatoms. The van der Waals surface area contributed by atoms with E-state index in [0.29, 0.717) is 32.6 Å². The molecule has 1 aliphatic rings. The van der Waals surface area contributed by atoms with Crippen molar-refractivity contribution in [2.24, 2.45) is 0 Å². The molecule has 0 saturated heterocycles. The van der Waals surface area contributed by atoms with E-state index < -0.39 is 0 Å². The lowest BCUT2D eigenvalue weighted by molar-refractivity contribution is -0.124. The Morgan fingerprint density at radius 2 is 1.97 bits per heavy atom. The van der Waals surface area contributed by atoms with Crippen molar-refractivity contribution in [2.45, 2.75) is 49.8 Å². The molecule has 1 amide bonds. The molecule has 4 rings (SSSR count). The molecule has 174 valence electrons. The van der Waals surface area contributed by atoms with Crippen LogP contribution in [-0.2, 0) is 9.53 Å². The molecule has 1 saturated carbocycles. The number of Topliss-reactive ketones (excluding diaryl/α,β-unsaturated/α-hetero) is 1. The van der Waals surface area contributed by atoms with Crippen LogP contribution in [0.2, 0.25) is 0 Å². The topological polar surface area (TPSA) is 103 Å². The molecule has 0 aromatic carbocycles. The van der Waals surface area contributed by atoms with Crippen LogP contribution >= 0.6 is 23.1 Å². The largest absolute Gasteiger partial charge is 0.481 e. The number of hydrogen-bond acceptors (Lipinski definition) is 9. The van der Waals surface area contributed by atoms with Gasteiger partial charge >= 0.3 is 0 Å². The summed E-state index contributed by atoms with van der Waals surface area (Å²) < 4.78 is 10.5. The van der Waals surface area contributed by atoms with Crippen LogP contribution in [0.5, 0.6) is 5.88 Å². The third-order valence-corrected chi connectivity index (χ3v) is 7.92. The summed E-state index contributed by atoms with van der Waals surface area (Å²) in [4.78, 5) is 40.3. The van der Waals surface area contributed by atoms with Crippen LogP contribution < -0.4 is 10.1 Å². The lowest BCUT2D eigenvalue weighted by Crippen LogP contribution is -2.48. The van der Waals surface area contributed by atoms with Gasteiger partial charge in [-0.3, -0.25) is 9.59 Å². The molecule has 0 aliphatic heterocycles. The summed E-state index contributed by atoms with van der Waals surface area (Å²) in [7, 11) is 3.24. The molecule has 1 fully saturated rings. The minimum atomic E-state index is -0.309. The number of ketones is 1. The van der Waals surface area contributed by atoms with Gasteiger partial charge in [-0.05, 0) is 44.9 Å². The van der Waals surface area contributed by atoms with Gasteiger partial charge in [0.05, 0.1) is 35.3 Å². The highest BCUT2D eigenvalue weighted by Gasteiger charge is 2.31. The first-order valence-corrected chi connectivity index (χ1v) is 12.5. The van der Waals surface area contributed by atoms with Crippen molar-refractivity contribution in [1.29, 1.82) is 0 Å². The summed E-state index contributed by atoms with van der Waals surface area (Å²) in [5.74, 6) is 0.955. The Kier molecular flexibility index (Phi) is 7.26. The standard InChI is InChI=1S/C23H26N4O4S2/c1-12(22(29)26-14-9-15(10-14)30-3)18-6-7-19(33-18)17(28)11-32-23-21-16(24-13(2)25-23)5-8-20(27-21)31-4/h5-8,12,14-15H,9-11H2,1-4H3,(H,26,29). The number of carbonyl (C=O) groups is 2. The van der Waals surface area contributed by atoms with Crippen molar-refractivity contribution >= 4 is 45.8 Å². The normalized spacial score (nSPS) is 18.5. The first-order chi connectivity index (χ1) is 15.9. The number of aromatic nitrogens is 3. The number of aryl methyl sites for hydroxylation is 1. The van der Waals surface area contributed by atoms with Crippen molar-refractivity contribution in [3.63, 3.8) is 0 Å². The zero-order chi connectivity index (χ0) is 23.5. The number of thiophene rings is 1. The number of ether oxygens (including phenoxy) is 2. The number of methoxy groups -OCH3 is 2. The van der Waals surface area contributed by atoms with E-state index >= 15 is 0 Å². The molecule has 3 aromatic heterocycles. The average molecular weight is 487 g/mol. The molecule has 0 bridgehead atoms. The Balaban J connectivity index is 1.39. The summed E-state index contributed by atoms with van der Waals surface area (Å²) in [5.41, 5.74) is 1.32. The summed E-state index contributed by atoms with van der Waals surface area (Å²) in [6.45, 7) is 3.68. The highest BCUT2D eigenvalue weighted by Crippen LogP contribution is 2.30. The van der Waals surface area contributed by atoms with E-state index in [2.05, 4.69) is 20.3 Å². The summed E-state index contributed by atoms with van der Waals surface area (Å²) in [6, 6.07) is 7.41. The molecule has 33 heavy (non-hydrogen) atoms. The number of amides is 1. The predicted molar refractivity (Wildman–Crippen MR) is 128 cm³/mol. The Labute approximate surface area is 200 Å². The second-order valence-corrected chi connectivity index (χ2v) is 10.0.